The van der Waals surface area contributed by atoms with E-state index in [1.807, 2.05) is 26.0 Å². The second kappa shape index (κ2) is 6.89. The van der Waals surface area contributed by atoms with Gasteiger partial charge in [0.25, 0.3) is 0 Å². The van der Waals surface area contributed by atoms with Crippen LogP contribution in [0.3, 0.4) is 0 Å². The normalized spacial score (nSPS) is 14.4. The molecule has 0 saturated carbocycles. The molecular weight excluding hydrogens is 234 g/mol. The SMILES string of the molecule is COc1cccc(SCC(C)CO)c1[C@H](C)N. The molecule has 2 atom stereocenters. The van der Waals surface area contributed by atoms with Crippen molar-refractivity contribution in [1.29, 1.82) is 0 Å². The predicted octanol–water partition coefficient (Wildman–Crippen LogP) is 2.44. The van der Waals surface area contributed by atoms with Gasteiger partial charge in [-0.15, -0.1) is 11.8 Å². The standard InChI is InChI=1S/C13H21NO2S/c1-9(7-15)8-17-12-6-4-5-11(16-3)13(12)10(2)14/h4-6,9-10,15H,7-8,14H2,1-3H3/t9?,10-/m0/s1. The highest BCUT2D eigenvalue weighted by atomic mass is 32.2. The summed E-state index contributed by atoms with van der Waals surface area (Å²) in [5.74, 6) is 2.00. The number of thioether (sulfide) groups is 1. The zero-order valence-electron chi connectivity index (χ0n) is 10.6. The number of methoxy groups -OCH3 is 1. The highest BCUT2D eigenvalue weighted by molar-refractivity contribution is 7.99. The fourth-order valence-corrected chi connectivity index (χ4v) is 2.75. The van der Waals surface area contributed by atoms with Gasteiger partial charge in [0.05, 0.1) is 7.11 Å². The zero-order valence-corrected chi connectivity index (χ0v) is 11.5. The Morgan fingerprint density at radius 3 is 2.65 bits per heavy atom. The lowest BCUT2D eigenvalue weighted by Crippen LogP contribution is -2.09. The lowest BCUT2D eigenvalue weighted by molar-refractivity contribution is 0.250. The van der Waals surface area contributed by atoms with E-state index in [9.17, 15) is 0 Å². The fourth-order valence-electron chi connectivity index (χ4n) is 1.56. The molecular formula is C13H21NO2S. The molecule has 1 aromatic carbocycles. The molecule has 0 spiro atoms. The topological polar surface area (TPSA) is 55.5 Å². The summed E-state index contributed by atoms with van der Waals surface area (Å²) >= 11 is 1.72. The molecule has 3 nitrogen and oxygen atoms in total. The fraction of sp³-hybridized carbons (Fsp3) is 0.538. The van der Waals surface area contributed by atoms with Gasteiger partial charge in [0.2, 0.25) is 0 Å². The molecule has 0 saturated heterocycles. The minimum atomic E-state index is -0.0573. The van der Waals surface area contributed by atoms with Gasteiger partial charge in [0, 0.05) is 28.9 Å². The predicted molar refractivity (Wildman–Crippen MR) is 72.6 cm³/mol. The van der Waals surface area contributed by atoms with Crippen molar-refractivity contribution in [3.05, 3.63) is 23.8 Å². The van der Waals surface area contributed by atoms with E-state index in [0.29, 0.717) is 0 Å². The second-order valence-electron chi connectivity index (χ2n) is 4.26. The Morgan fingerprint density at radius 2 is 2.12 bits per heavy atom. The molecule has 0 radical (unpaired) electrons. The number of benzene rings is 1. The van der Waals surface area contributed by atoms with Crippen molar-refractivity contribution in [2.75, 3.05) is 19.5 Å². The van der Waals surface area contributed by atoms with Crippen LogP contribution in [0.2, 0.25) is 0 Å². The average Bonchev–Trinajstić information content (AvgIpc) is 2.34. The molecule has 1 unspecified atom stereocenters. The largest absolute Gasteiger partial charge is 0.496 e. The maximum absolute atomic E-state index is 9.03. The van der Waals surface area contributed by atoms with Crippen LogP contribution >= 0.6 is 11.8 Å². The van der Waals surface area contributed by atoms with E-state index in [-0.39, 0.29) is 18.6 Å². The summed E-state index contributed by atoms with van der Waals surface area (Å²) < 4.78 is 5.34. The van der Waals surface area contributed by atoms with Crippen LogP contribution in [0.5, 0.6) is 5.75 Å². The van der Waals surface area contributed by atoms with Crippen molar-refractivity contribution in [3.8, 4) is 5.75 Å². The molecule has 0 heterocycles. The Morgan fingerprint density at radius 1 is 1.41 bits per heavy atom. The molecule has 0 amide bonds. The first kappa shape index (κ1) is 14.4. The van der Waals surface area contributed by atoms with E-state index >= 15 is 0 Å². The third-order valence-electron chi connectivity index (χ3n) is 2.54. The summed E-state index contributed by atoms with van der Waals surface area (Å²) in [6.45, 7) is 4.20. The Kier molecular flexibility index (Phi) is 5.82. The minimum absolute atomic E-state index is 0.0573. The quantitative estimate of drug-likeness (QED) is 0.767. The van der Waals surface area contributed by atoms with E-state index in [1.54, 1.807) is 18.9 Å². The van der Waals surface area contributed by atoms with Crippen molar-refractivity contribution >= 4 is 11.8 Å². The Balaban J connectivity index is 2.90. The summed E-state index contributed by atoms with van der Waals surface area (Å²) in [5.41, 5.74) is 7.03. The molecule has 0 aliphatic carbocycles. The number of aliphatic hydroxyl groups excluding tert-OH is 1. The number of hydrogen-bond acceptors (Lipinski definition) is 4. The average molecular weight is 255 g/mol. The maximum Gasteiger partial charge on any atom is 0.124 e. The Bertz CT molecular complexity index is 355. The van der Waals surface area contributed by atoms with Crippen molar-refractivity contribution < 1.29 is 9.84 Å². The van der Waals surface area contributed by atoms with Gasteiger partial charge in [0.1, 0.15) is 5.75 Å². The molecule has 0 bridgehead atoms. The van der Waals surface area contributed by atoms with Crippen LogP contribution in [0, 0.1) is 5.92 Å². The van der Waals surface area contributed by atoms with Crippen LogP contribution in [0.25, 0.3) is 0 Å². The van der Waals surface area contributed by atoms with Gasteiger partial charge in [0.15, 0.2) is 0 Å². The number of aliphatic hydroxyl groups is 1. The van der Waals surface area contributed by atoms with Crippen LogP contribution < -0.4 is 10.5 Å². The van der Waals surface area contributed by atoms with Crippen molar-refractivity contribution in [1.82, 2.24) is 0 Å². The van der Waals surface area contributed by atoms with Crippen LogP contribution in [0.15, 0.2) is 23.1 Å². The molecule has 1 aromatic rings. The van der Waals surface area contributed by atoms with Crippen LogP contribution in [-0.4, -0.2) is 24.6 Å². The van der Waals surface area contributed by atoms with Crippen molar-refractivity contribution in [2.24, 2.45) is 11.7 Å². The van der Waals surface area contributed by atoms with Crippen LogP contribution in [-0.2, 0) is 0 Å². The molecule has 17 heavy (non-hydrogen) atoms. The summed E-state index contributed by atoms with van der Waals surface area (Å²) in [5, 5.41) is 9.03. The van der Waals surface area contributed by atoms with E-state index in [1.165, 1.54) is 0 Å². The lowest BCUT2D eigenvalue weighted by Gasteiger charge is -2.17. The van der Waals surface area contributed by atoms with Gasteiger partial charge < -0.3 is 15.6 Å². The van der Waals surface area contributed by atoms with E-state index in [2.05, 4.69) is 6.07 Å². The molecule has 96 valence electrons. The highest BCUT2D eigenvalue weighted by Gasteiger charge is 2.14. The Hall–Kier alpha value is -0.710. The zero-order chi connectivity index (χ0) is 12.8. The molecule has 4 heteroatoms. The van der Waals surface area contributed by atoms with Crippen molar-refractivity contribution in [3.63, 3.8) is 0 Å². The molecule has 0 aromatic heterocycles. The third kappa shape index (κ3) is 3.91. The number of rotatable bonds is 6. The van der Waals surface area contributed by atoms with E-state index in [0.717, 1.165) is 22.0 Å². The second-order valence-corrected chi connectivity index (χ2v) is 5.32. The maximum atomic E-state index is 9.03. The van der Waals surface area contributed by atoms with Gasteiger partial charge in [-0.2, -0.15) is 0 Å². The number of nitrogens with two attached hydrogens (primary N) is 1. The smallest absolute Gasteiger partial charge is 0.124 e. The summed E-state index contributed by atoms with van der Waals surface area (Å²) in [6, 6.07) is 5.89. The first-order valence-corrected chi connectivity index (χ1v) is 6.74. The molecule has 0 aliphatic rings. The van der Waals surface area contributed by atoms with E-state index < -0.39 is 0 Å². The molecule has 0 fully saturated rings. The summed E-state index contributed by atoms with van der Waals surface area (Å²) in [6.07, 6.45) is 0. The Labute approximate surface area is 107 Å². The van der Waals surface area contributed by atoms with Gasteiger partial charge in [-0.25, -0.2) is 0 Å². The van der Waals surface area contributed by atoms with Crippen LogP contribution in [0.1, 0.15) is 25.5 Å². The number of hydrogen-bond donors (Lipinski definition) is 2. The lowest BCUT2D eigenvalue weighted by atomic mass is 10.1. The van der Waals surface area contributed by atoms with Gasteiger partial charge in [-0.05, 0) is 25.0 Å². The van der Waals surface area contributed by atoms with Crippen LogP contribution in [0.4, 0.5) is 0 Å². The molecule has 0 aliphatic heterocycles. The molecule has 1 rings (SSSR count). The van der Waals surface area contributed by atoms with Gasteiger partial charge >= 0.3 is 0 Å². The molecule has 3 N–H and O–H groups in total. The minimum Gasteiger partial charge on any atom is -0.496 e. The van der Waals surface area contributed by atoms with Crippen molar-refractivity contribution in [2.45, 2.75) is 24.8 Å². The first-order chi connectivity index (χ1) is 8.10. The first-order valence-electron chi connectivity index (χ1n) is 5.76. The van der Waals surface area contributed by atoms with E-state index in [4.69, 9.17) is 15.6 Å². The summed E-state index contributed by atoms with van der Waals surface area (Å²) in [4.78, 5) is 1.14. The van der Waals surface area contributed by atoms with Gasteiger partial charge in [-0.3, -0.25) is 0 Å². The highest BCUT2D eigenvalue weighted by Crippen LogP contribution is 2.34. The number of ether oxygens (including phenoxy) is 1. The monoisotopic (exact) mass is 255 g/mol. The summed E-state index contributed by atoms with van der Waals surface area (Å²) in [7, 11) is 1.66. The van der Waals surface area contributed by atoms with Gasteiger partial charge in [-0.1, -0.05) is 13.0 Å². The third-order valence-corrected chi connectivity index (χ3v) is 3.94.